The molecular weight excluding hydrogens is 348 g/mol. The summed E-state index contributed by atoms with van der Waals surface area (Å²) in [6.07, 6.45) is 0. The Morgan fingerprint density at radius 3 is 1.83 bits per heavy atom. The van der Waals surface area contributed by atoms with Crippen molar-refractivity contribution in [3.05, 3.63) is 0 Å². The van der Waals surface area contributed by atoms with Gasteiger partial charge in [0.05, 0.1) is 37.9 Å². The van der Waals surface area contributed by atoms with Crippen LogP contribution in [0.15, 0.2) is 0 Å². The smallest absolute Gasteiger partial charge is 0.230 e. The number of nitrogens with one attached hydrogen (secondary N) is 2. The number of thioether (sulfide) groups is 2. The van der Waals surface area contributed by atoms with Crippen LogP contribution in [0.1, 0.15) is 20.8 Å². The molecule has 0 heterocycles. The molecule has 2 amide bonds. The molecule has 24 heavy (non-hydrogen) atoms. The van der Waals surface area contributed by atoms with Gasteiger partial charge in [-0.25, -0.2) is 0 Å². The molecule has 0 fully saturated rings. The zero-order valence-electron chi connectivity index (χ0n) is 15.1. The van der Waals surface area contributed by atoms with E-state index in [4.69, 9.17) is 9.47 Å². The molecule has 0 aliphatic heterocycles. The van der Waals surface area contributed by atoms with Gasteiger partial charge >= 0.3 is 0 Å². The maximum absolute atomic E-state index is 11.5. The summed E-state index contributed by atoms with van der Waals surface area (Å²) in [6.45, 7) is 9.28. The predicted octanol–water partition coefficient (Wildman–Crippen LogP) is 1.39. The second kappa shape index (κ2) is 17.4. The molecule has 0 aliphatic carbocycles. The van der Waals surface area contributed by atoms with Crippen molar-refractivity contribution in [1.29, 1.82) is 0 Å². The van der Waals surface area contributed by atoms with E-state index in [0.29, 0.717) is 56.9 Å². The zero-order chi connectivity index (χ0) is 18.0. The van der Waals surface area contributed by atoms with E-state index in [9.17, 15) is 9.59 Å². The lowest BCUT2D eigenvalue weighted by molar-refractivity contribution is -0.119. The summed E-state index contributed by atoms with van der Waals surface area (Å²) in [5.74, 6) is 3.65. The predicted molar refractivity (Wildman–Crippen MR) is 103 cm³/mol. The van der Waals surface area contributed by atoms with E-state index in [1.807, 2.05) is 6.92 Å². The summed E-state index contributed by atoms with van der Waals surface area (Å²) in [6, 6.07) is 0. The van der Waals surface area contributed by atoms with Crippen molar-refractivity contribution in [2.24, 2.45) is 5.92 Å². The average Bonchev–Trinajstić information content (AvgIpc) is 2.54. The number of rotatable bonds is 16. The molecule has 0 aromatic carbocycles. The average molecular weight is 381 g/mol. The normalized spacial score (nSPS) is 10.8. The van der Waals surface area contributed by atoms with E-state index >= 15 is 0 Å². The first-order valence-corrected chi connectivity index (χ1v) is 10.7. The Morgan fingerprint density at radius 2 is 1.38 bits per heavy atom. The number of carbonyl (C=O) groups is 2. The Labute approximate surface area is 154 Å². The van der Waals surface area contributed by atoms with Gasteiger partial charge < -0.3 is 20.1 Å². The van der Waals surface area contributed by atoms with Gasteiger partial charge in [-0.1, -0.05) is 20.8 Å². The van der Waals surface area contributed by atoms with E-state index < -0.39 is 0 Å². The molecule has 0 atom stereocenters. The third-order valence-corrected chi connectivity index (χ3v) is 4.87. The lowest BCUT2D eigenvalue weighted by atomic mass is 10.3. The van der Waals surface area contributed by atoms with Gasteiger partial charge in [-0.2, -0.15) is 23.5 Å². The highest BCUT2D eigenvalue weighted by atomic mass is 32.2. The second-order valence-corrected chi connectivity index (χ2v) is 7.78. The van der Waals surface area contributed by atoms with Crippen molar-refractivity contribution in [3.63, 3.8) is 0 Å². The summed E-state index contributed by atoms with van der Waals surface area (Å²) >= 11 is 3.25. The standard InChI is InChI=1S/C16H32N2O4S2/c1-4-23-12-15(19)17-5-7-21-9-10-22-8-6-18-16(20)13-24-11-14(2)3/h14H,4-13H2,1-3H3,(H,17,19)(H,18,20). The number of hydrogen-bond acceptors (Lipinski definition) is 6. The maximum atomic E-state index is 11.5. The van der Waals surface area contributed by atoms with Gasteiger partial charge in [0.2, 0.25) is 11.8 Å². The highest BCUT2D eigenvalue weighted by Crippen LogP contribution is 2.06. The summed E-state index contributed by atoms with van der Waals surface area (Å²) < 4.78 is 10.7. The second-order valence-electron chi connectivity index (χ2n) is 5.47. The first-order valence-electron chi connectivity index (χ1n) is 8.40. The quantitative estimate of drug-likeness (QED) is 0.394. The van der Waals surface area contributed by atoms with Crippen LogP contribution in [0.25, 0.3) is 0 Å². The molecule has 0 saturated carbocycles. The van der Waals surface area contributed by atoms with Crippen LogP contribution in [0.4, 0.5) is 0 Å². The lowest BCUT2D eigenvalue weighted by Gasteiger charge is -2.08. The fourth-order valence-corrected chi connectivity index (χ4v) is 2.90. The minimum atomic E-state index is 0.0454. The highest BCUT2D eigenvalue weighted by Gasteiger charge is 2.02. The Bertz CT molecular complexity index is 331. The monoisotopic (exact) mass is 380 g/mol. The van der Waals surface area contributed by atoms with Crippen LogP contribution in [0.5, 0.6) is 0 Å². The van der Waals surface area contributed by atoms with Gasteiger partial charge in [0.1, 0.15) is 0 Å². The summed E-state index contributed by atoms with van der Waals surface area (Å²) in [7, 11) is 0. The molecule has 8 heteroatoms. The lowest BCUT2D eigenvalue weighted by Crippen LogP contribution is -2.30. The molecule has 6 nitrogen and oxygen atoms in total. The molecule has 0 spiro atoms. The molecule has 2 N–H and O–H groups in total. The Hall–Kier alpha value is -0.440. The molecule has 0 rings (SSSR count). The first-order chi connectivity index (χ1) is 11.6. The number of amides is 2. The van der Waals surface area contributed by atoms with Crippen molar-refractivity contribution in [3.8, 4) is 0 Å². The van der Waals surface area contributed by atoms with Crippen molar-refractivity contribution in [1.82, 2.24) is 10.6 Å². The Morgan fingerprint density at radius 1 is 0.875 bits per heavy atom. The van der Waals surface area contributed by atoms with Gasteiger partial charge in [-0.05, 0) is 17.4 Å². The van der Waals surface area contributed by atoms with Crippen LogP contribution in [0, 0.1) is 5.92 Å². The molecule has 0 saturated heterocycles. The minimum Gasteiger partial charge on any atom is -0.377 e. The van der Waals surface area contributed by atoms with Crippen LogP contribution in [0.3, 0.4) is 0 Å². The summed E-state index contributed by atoms with van der Waals surface area (Å²) in [5.41, 5.74) is 0. The molecule has 0 aromatic rings. The van der Waals surface area contributed by atoms with Gasteiger partial charge in [0.15, 0.2) is 0 Å². The van der Waals surface area contributed by atoms with Crippen LogP contribution in [0.2, 0.25) is 0 Å². The van der Waals surface area contributed by atoms with Crippen LogP contribution in [-0.4, -0.2) is 74.3 Å². The SMILES string of the molecule is CCSCC(=O)NCCOCCOCCNC(=O)CSCC(C)C. The topological polar surface area (TPSA) is 76.7 Å². The van der Waals surface area contributed by atoms with E-state index in [0.717, 1.165) is 11.5 Å². The van der Waals surface area contributed by atoms with Crippen molar-refractivity contribution in [2.45, 2.75) is 20.8 Å². The fraction of sp³-hybridized carbons (Fsp3) is 0.875. The van der Waals surface area contributed by atoms with E-state index in [1.165, 1.54) is 0 Å². The van der Waals surface area contributed by atoms with Crippen LogP contribution >= 0.6 is 23.5 Å². The van der Waals surface area contributed by atoms with Gasteiger partial charge in [0.25, 0.3) is 0 Å². The molecule has 0 aliphatic rings. The van der Waals surface area contributed by atoms with Crippen molar-refractivity contribution in [2.75, 3.05) is 62.5 Å². The largest absolute Gasteiger partial charge is 0.377 e. The number of ether oxygens (including phenoxy) is 2. The van der Waals surface area contributed by atoms with Gasteiger partial charge in [0, 0.05) is 13.1 Å². The van der Waals surface area contributed by atoms with Gasteiger partial charge in [-0.15, -0.1) is 0 Å². The fourth-order valence-electron chi connectivity index (χ4n) is 1.53. The first kappa shape index (κ1) is 23.6. The Kier molecular flexibility index (Phi) is 17.1. The molecule has 142 valence electrons. The molecular formula is C16H32N2O4S2. The van der Waals surface area contributed by atoms with E-state index in [2.05, 4.69) is 24.5 Å². The minimum absolute atomic E-state index is 0.0454. The number of hydrogen-bond donors (Lipinski definition) is 2. The summed E-state index contributed by atoms with van der Waals surface area (Å²) in [4.78, 5) is 22.8. The van der Waals surface area contributed by atoms with Crippen molar-refractivity contribution < 1.29 is 19.1 Å². The third-order valence-electron chi connectivity index (χ3n) is 2.63. The maximum Gasteiger partial charge on any atom is 0.230 e. The molecule has 0 unspecified atom stereocenters. The van der Waals surface area contributed by atoms with Crippen LogP contribution in [-0.2, 0) is 19.1 Å². The van der Waals surface area contributed by atoms with E-state index in [1.54, 1.807) is 23.5 Å². The van der Waals surface area contributed by atoms with Crippen molar-refractivity contribution >= 4 is 35.3 Å². The third kappa shape index (κ3) is 17.9. The summed E-state index contributed by atoms with van der Waals surface area (Å²) in [5, 5.41) is 5.61. The molecule has 0 bridgehead atoms. The number of carbonyl (C=O) groups excluding carboxylic acids is 2. The molecule has 0 radical (unpaired) electrons. The highest BCUT2D eigenvalue weighted by molar-refractivity contribution is 8.00. The van der Waals surface area contributed by atoms with Gasteiger partial charge in [-0.3, -0.25) is 9.59 Å². The van der Waals surface area contributed by atoms with Crippen LogP contribution < -0.4 is 10.6 Å². The van der Waals surface area contributed by atoms with E-state index in [-0.39, 0.29) is 11.8 Å². The Balaban J connectivity index is 3.22. The zero-order valence-corrected chi connectivity index (χ0v) is 16.7. The molecule has 0 aromatic heterocycles.